The van der Waals surface area contributed by atoms with Gasteiger partial charge in [0.1, 0.15) is 6.17 Å². The number of hydrogen-bond donors (Lipinski definition) is 5. The van der Waals surface area contributed by atoms with E-state index in [1.807, 2.05) is 0 Å². The standard InChI is InChI=1S/C15H13ClF3N5O/c16-12-6-5-10(7-11(12)15(17,18)19)20-14(25)9-3-1-8(2-4-9)13-21-23-24-22-13/h1-7,13,21-24H,(H,20,25). The van der Waals surface area contributed by atoms with Gasteiger partial charge in [0, 0.05) is 11.3 Å². The second-order valence-corrected chi connectivity index (χ2v) is 5.65. The molecule has 132 valence electrons. The third kappa shape index (κ3) is 4.09. The Balaban J connectivity index is 1.74. The predicted octanol–water partition coefficient (Wildman–Crippen LogP) is 2.73. The van der Waals surface area contributed by atoms with Crippen molar-refractivity contribution >= 4 is 23.2 Å². The molecule has 0 aliphatic carbocycles. The normalized spacial score (nSPS) is 15.4. The average Bonchev–Trinajstić information content (AvgIpc) is 3.10. The summed E-state index contributed by atoms with van der Waals surface area (Å²) in [5.74, 6) is -0.523. The lowest BCUT2D eigenvalue weighted by molar-refractivity contribution is -0.137. The summed E-state index contributed by atoms with van der Waals surface area (Å²) < 4.78 is 38.6. The second kappa shape index (κ2) is 6.98. The van der Waals surface area contributed by atoms with Crippen molar-refractivity contribution in [2.24, 2.45) is 0 Å². The largest absolute Gasteiger partial charge is 0.417 e. The highest BCUT2D eigenvalue weighted by Crippen LogP contribution is 2.36. The Morgan fingerprint density at radius 1 is 1.04 bits per heavy atom. The van der Waals surface area contributed by atoms with Crippen LogP contribution in [0.4, 0.5) is 18.9 Å². The number of carbonyl (C=O) groups is 1. The van der Waals surface area contributed by atoms with Crippen molar-refractivity contribution < 1.29 is 18.0 Å². The maximum Gasteiger partial charge on any atom is 0.417 e. The first-order chi connectivity index (χ1) is 11.8. The van der Waals surface area contributed by atoms with Crippen LogP contribution in [0.15, 0.2) is 42.5 Å². The van der Waals surface area contributed by atoms with E-state index in [9.17, 15) is 18.0 Å². The topological polar surface area (TPSA) is 77.2 Å². The molecule has 1 heterocycles. The summed E-state index contributed by atoms with van der Waals surface area (Å²) in [5.41, 5.74) is 11.3. The first-order valence-corrected chi connectivity index (χ1v) is 7.51. The number of alkyl halides is 3. The third-order valence-electron chi connectivity index (χ3n) is 3.53. The van der Waals surface area contributed by atoms with Crippen LogP contribution in [0.1, 0.15) is 27.7 Å². The minimum Gasteiger partial charge on any atom is -0.322 e. The van der Waals surface area contributed by atoms with Crippen molar-refractivity contribution in [3.05, 3.63) is 64.2 Å². The van der Waals surface area contributed by atoms with Crippen LogP contribution in [0.2, 0.25) is 5.02 Å². The molecule has 0 radical (unpaired) electrons. The molecule has 0 aromatic heterocycles. The molecule has 0 spiro atoms. The first-order valence-electron chi connectivity index (χ1n) is 7.14. The first kappa shape index (κ1) is 17.6. The molecule has 2 aromatic rings. The molecule has 25 heavy (non-hydrogen) atoms. The molecule has 0 unspecified atom stereocenters. The number of hydrogen-bond acceptors (Lipinski definition) is 5. The Morgan fingerprint density at radius 3 is 2.28 bits per heavy atom. The highest BCUT2D eigenvalue weighted by atomic mass is 35.5. The van der Waals surface area contributed by atoms with Crippen LogP contribution < -0.4 is 27.2 Å². The van der Waals surface area contributed by atoms with Gasteiger partial charge in [-0.2, -0.15) is 24.2 Å². The number of anilines is 1. The van der Waals surface area contributed by atoms with Crippen LogP contribution in [-0.2, 0) is 6.18 Å². The molecule has 0 atom stereocenters. The summed E-state index contributed by atoms with van der Waals surface area (Å²) >= 11 is 5.56. The Kier molecular flexibility index (Phi) is 4.93. The molecule has 3 rings (SSSR count). The Hall–Kier alpha value is -2.17. The molecule has 1 saturated heterocycles. The maximum atomic E-state index is 12.9. The molecular weight excluding hydrogens is 359 g/mol. The van der Waals surface area contributed by atoms with Gasteiger partial charge in [0.05, 0.1) is 10.6 Å². The van der Waals surface area contributed by atoms with Crippen LogP contribution >= 0.6 is 11.6 Å². The van der Waals surface area contributed by atoms with Crippen molar-refractivity contribution in [3.63, 3.8) is 0 Å². The molecule has 1 amide bonds. The number of rotatable bonds is 3. The lowest BCUT2D eigenvalue weighted by atomic mass is 10.1. The van der Waals surface area contributed by atoms with Gasteiger partial charge in [-0.05, 0) is 35.9 Å². The summed E-state index contributed by atoms with van der Waals surface area (Å²) in [6.45, 7) is 0. The van der Waals surface area contributed by atoms with E-state index in [0.717, 1.165) is 17.7 Å². The van der Waals surface area contributed by atoms with Gasteiger partial charge in [0.15, 0.2) is 0 Å². The minimum atomic E-state index is -4.59. The van der Waals surface area contributed by atoms with Crippen LogP contribution in [0.3, 0.4) is 0 Å². The van der Waals surface area contributed by atoms with Crippen molar-refractivity contribution in [1.82, 2.24) is 21.9 Å². The van der Waals surface area contributed by atoms with Gasteiger partial charge in [0.2, 0.25) is 0 Å². The van der Waals surface area contributed by atoms with E-state index in [2.05, 4.69) is 27.2 Å². The van der Waals surface area contributed by atoms with Gasteiger partial charge >= 0.3 is 6.18 Å². The zero-order valence-electron chi connectivity index (χ0n) is 12.5. The van der Waals surface area contributed by atoms with E-state index >= 15 is 0 Å². The van der Waals surface area contributed by atoms with Crippen molar-refractivity contribution in [2.75, 3.05) is 5.32 Å². The van der Waals surface area contributed by atoms with Gasteiger partial charge in [0.25, 0.3) is 5.91 Å². The van der Waals surface area contributed by atoms with Crippen molar-refractivity contribution in [2.45, 2.75) is 12.3 Å². The molecule has 0 saturated carbocycles. The maximum absolute atomic E-state index is 12.9. The summed E-state index contributed by atoms with van der Waals surface area (Å²) in [5, 5.41) is 2.01. The van der Waals surface area contributed by atoms with Gasteiger partial charge < -0.3 is 5.32 Å². The van der Waals surface area contributed by atoms with E-state index in [1.54, 1.807) is 24.3 Å². The lowest BCUT2D eigenvalue weighted by Crippen LogP contribution is -2.33. The second-order valence-electron chi connectivity index (χ2n) is 5.24. The fourth-order valence-electron chi connectivity index (χ4n) is 2.27. The summed E-state index contributed by atoms with van der Waals surface area (Å²) in [6.07, 6.45) is -4.77. The molecule has 10 heteroatoms. The smallest absolute Gasteiger partial charge is 0.322 e. The number of benzene rings is 2. The number of amides is 1. The SMILES string of the molecule is O=C(Nc1ccc(Cl)c(C(F)(F)F)c1)c1ccc(C2NNNN2)cc1. The molecule has 5 N–H and O–H groups in total. The Bertz CT molecular complexity index is 776. The summed E-state index contributed by atoms with van der Waals surface area (Å²) in [7, 11) is 0. The van der Waals surface area contributed by atoms with Gasteiger partial charge in [-0.25, -0.2) is 10.9 Å². The Morgan fingerprint density at radius 2 is 1.68 bits per heavy atom. The fraction of sp³-hybridized carbons (Fsp3) is 0.133. The summed E-state index contributed by atoms with van der Waals surface area (Å²) in [6, 6.07) is 9.81. The molecule has 0 bridgehead atoms. The predicted molar refractivity (Wildman–Crippen MR) is 86.1 cm³/mol. The minimum absolute atomic E-state index is 0.0123. The lowest BCUT2D eigenvalue weighted by Gasteiger charge is -2.12. The summed E-state index contributed by atoms with van der Waals surface area (Å²) in [4.78, 5) is 12.2. The highest BCUT2D eigenvalue weighted by molar-refractivity contribution is 6.31. The third-order valence-corrected chi connectivity index (χ3v) is 3.86. The molecule has 1 fully saturated rings. The van der Waals surface area contributed by atoms with Gasteiger partial charge in [-0.3, -0.25) is 4.79 Å². The number of nitrogens with one attached hydrogen (secondary N) is 5. The molecule has 2 aromatic carbocycles. The molecular formula is C15H13ClF3N5O. The number of halogens is 4. The van der Waals surface area contributed by atoms with Crippen molar-refractivity contribution in [3.8, 4) is 0 Å². The molecule has 1 aliphatic heterocycles. The monoisotopic (exact) mass is 371 g/mol. The highest BCUT2D eigenvalue weighted by Gasteiger charge is 2.33. The van der Waals surface area contributed by atoms with Crippen LogP contribution in [-0.4, -0.2) is 5.91 Å². The van der Waals surface area contributed by atoms with Crippen LogP contribution in [0, 0.1) is 0 Å². The van der Waals surface area contributed by atoms with Gasteiger partial charge in [-0.15, -0.1) is 0 Å². The average molecular weight is 372 g/mol. The van der Waals surface area contributed by atoms with E-state index in [-0.39, 0.29) is 11.9 Å². The van der Waals surface area contributed by atoms with E-state index in [4.69, 9.17) is 11.6 Å². The van der Waals surface area contributed by atoms with E-state index in [0.29, 0.717) is 5.56 Å². The van der Waals surface area contributed by atoms with Crippen LogP contribution in [0.25, 0.3) is 0 Å². The fourth-order valence-corrected chi connectivity index (χ4v) is 2.49. The van der Waals surface area contributed by atoms with Gasteiger partial charge in [-0.1, -0.05) is 23.7 Å². The zero-order chi connectivity index (χ0) is 18.0. The van der Waals surface area contributed by atoms with E-state index in [1.165, 1.54) is 6.07 Å². The quantitative estimate of drug-likeness (QED) is 0.573. The Labute approximate surface area is 145 Å². The van der Waals surface area contributed by atoms with E-state index < -0.39 is 22.7 Å². The van der Waals surface area contributed by atoms with Crippen molar-refractivity contribution in [1.29, 1.82) is 0 Å². The molecule has 1 aliphatic rings. The number of hydrazine groups is 3. The number of carbonyl (C=O) groups excluding carboxylic acids is 1. The van der Waals surface area contributed by atoms with Crippen LogP contribution in [0.5, 0.6) is 0 Å². The zero-order valence-corrected chi connectivity index (χ0v) is 13.3. The molecule has 6 nitrogen and oxygen atoms in total.